The first kappa shape index (κ1) is 22.5. The Morgan fingerprint density at radius 2 is 1.94 bits per heavy atom. The first-order chi connectivity index (χ1) is 15.7. The van der Waals surface area contributed by atoms with Crippen LogP contribution in [0, 0.1) is 5.82 Å². The first-order valence-electron chi connectivity index (χ1n) is 10.8. The molecule has 1 aliphatic heterocycles. The van der Waals surface area contributed by atoms with Gasteiger partial charge in [0.25, 0.3) is 0 Å². The van der Waals surface area contributed by atoms with Crippen LogP contribution in [0.25, 0.3) is 11.1 Å². The molecule has 2 aromatic heterocycles. The molecule has 1 saturated carbocycles. The van der Waals surface area contributed by atoms with Crippen LogP contribution in [-0.4, -0.2) is 56.6 Å². The normalized spacial score (nSPS) is 21.9. The van der Waals surface area contributed by atoms with Gasteiger partial charge in [-0.05, 0) is 43.5 Å². The van der Waals surface area contributed by atoms with Gasteiger partial charge in [-0.2, -0.15) is 11.8 Å². The van der Waals surface area contributed by atoms with Crippen molar-refractivity contribution >= 4 is 21.6 Å². The Balaban J connectivity index is 1.45. The zero-order chi connectivity index (χ0) is 23.4. The highest BCUT2D eigenvalue weighted by molar-refractivity contribution is 8.00. The molecular weight excluding hydrogens is 463 g/mol. The predicted molar refractivity (Wildman–Crippen MR) is 124 cm³/mol. The van der Waals surface area contributed by atoms with Crippen LogP contribution in [0.15, 0.2) is 41.4 Å². The number of pyridine rings is 1. The van der Waals surface area contributed by atoms with Crippen molar-refractivity contribution in [2.45, 2.75) is 47.8 Å². The Labute approximate surface area is 196 Å². The molecule has 33 heavy (non-hydrogen) atoms. The van der Waals surface area contributed by atoms with Gasteiger partial charge in [-0.15, -0.1) is 10.2 Å². The molecule has 3 heterocycles. The van der Waals surface area contributed by atoms with Crippen LogP contribution in [0.3, 0.4) is 0 Å². The number of hydrogen-bond donors (Lipinski definition) is 1. The number of fused-ring (bicyclic) bond motifs is 1. The van der Waals surface area contributed by atoms with Crippen LogP contribution in [0.1, 0.15) is 37.1 Å². The number of rotatable bonds is 5. The molecule has 3 aromatic rings. The SMILES string of the molecule is C[C@@]1(CO)Cc2nnc(C3(c4ccc(-c5ccc(S(C)(=O)=O)c(F)c5)cn4)CC3)n2CCS1. The molecule has 0 radical (unpaired) electrons. The van der Waals surface area contributed by atoms with Crippen LogP contribution in [0.4, 0.5) is 4.39 Å². The molecule has 0 bridgehead atoms. The molecule has 10 heteroatoms. The van der Waals surface area contributed by atoms with Gasteiger partial charge in [0.2, 0.25) is 0 Å². The molecule has 1 fully saturated rings. The molecule has 1 N–H and O–H groups in total. The summed E-state index contributed by atoms with van der Waals surface area (Å²) in [4.78, 5) is 4.39. The van der Waals surface area contributed by atoms with Crippen LogP contribution in [0.5, 0.6) is 0 Å². The minimum atomic E-state index is -3.62. The van der Waals surface area contributed by atoms with Gasteiger partial charge in [-0.1, -0.05) is 12.1 Å². The van der Waals surface area contributed by atoms with Gasteiger partial charge < -0.3 is 9.67 Å². The molecule has 7 nitrogen and oxygen atoms in total. The highest BCUT2D eigenvalue weighted by Gasteiger charge is 2.52. The summed E-state index contributed by atoms with van der Waals surface area (Å²) < 4.78 is 39.6. The maximum absolute atomic E-state index is 14.3. The molecular formula is C23H25FN4O3S2. The number of nitrogens with zero attached hydrogens (tertiary/aromatic N) is 4. The summed E-state index contributed by atoms with van der Waals surface area (Å²) >= 11 is 1.76. The summed E-state index contributed by atoms with van der Waals surface area (Å²) in [6, 6.07) is 7.94. The van der Waals surface area contributed by atoms with Crippen molar-refractivity contribution in [3.05, 3.63) is 59.7 Å². The van der Waals surface area contributed by atoms with Gasteiger partial charge in [0.15, 0.2) is 9.84 Å². The van der Waals surface area contributed by atoms with Crippen LogP contribution < -0.4 is 0 Å². The van der Waals surface area contributed by atoms with Crippen LogP contribution in [-0.2, 0) is 28.2 Å². The quantitative estimate of drug-likeness (QED) is 0.590. The topological polar surface area (TPSA) is 98.0 Å². The average molecular weight is 489 g/mol. The third kappa shape index (κ3) is 3.98. The maximum atomic E-state index is 14.3. The van der Waals surface area contributed by atoms with Gasteiger partial charge in [0.05, 0.1) is 17.7 Å². The molecule has 0 saturated heterocycles. The number of aliphatic hydroxyl groups excluding tert-OH is 1. The van der Waals surface area contributed by atoms with E-state index in [4.69, 9.17) is 4.98 Å². The van der Waals surface area contributed by atoms with Gasteiger partial charge in [-0.3, -0.25) is 4.98 Å². The second-order valence-corrected chi connectivity index (χ2v) is 12.8. The second kappa shape index (κ2) is 7.89. The fraction of sp³-hybridized carbons (Fsp3) is 0.435. The van der Waals surface area contributed by atoms with E-state index < -0.39 is 15.7 Å². The molecule has 1 aliphatic carbocycles. The minimum Gasteiger partial charge on any atom is -0.395 e. The van der Waals surface area contributed by atoms with Crippen molar-refractivity contribution in [2.75, 3.05) is 18.6 Å². The van der Waals surface area contributed by atoms with E-state index in [1.54, 1.807) is 24.0 Å². The van der Waals surface area contributed by atoms with E-state index in [0.29, 0.717) is 17.5 Å². The lowest BCUT2D eigenvalue weighted by Gasteiger charge is -2.23. The van der Waals surface area contributed by atoms with E-state index in [1.165, 1.54) is 12.1 Å². The van der Waals surface area contributed by atoms with E-state index in [2.05, 4.69) is 21.7 Å². The van der Waals surface area contributed by atoms with E-state index in [-0.39, 0.29) is 21.7 Å². The summed E-state index contributed by atoms with van der Waals surface area (Å²) in [6.45, 7) is 2.95. The number of sulfone groups is 1. The van der Waals surface area contributed by atoms with Gasteiger partial charge in [0, 0.05) is 41.5 Å². The Bertz CT molecular complexity index is 1320. The third-order valence-corrected chi connectivity index (χ3v) is 9.04. The highest BCUT2D eigenvalue weighted by Crippen LogP contribution is 2.52. The number of hydrogen-bond acceptors (Lipinski definition) is 7. The van der Waals surface area contributed by atoms with Crippen molar-refractivity contribution < 1.29 is 17.9 Å². The largest absolute Gasteiger partial charge is 0.395 e. The van der Waals surface area contributed by atoms with E-state index >= 15 is 0 Å². The molecule has 0 unspecified atom stereocenters. The minimum absolute atomic E-state index is 0.0970. The standard InChI is InChI=1S/C23H25FN4O3S2/c1-22(14-29)12-20-26-27-21(28(20)9-10-32-22)23(7-8-23)19-6-4-16(13-25-19)15-3-5-18(17(24)11-15)33(2,30)31/h3-6,11,13,29H,7-10,12,14H2,1-2H3/t22-/m0/s1. The third-order valence-electron chi connectivity index (χ3n) is 6.56. The van der Waals surface area contributed by atoms with E-state index in [0.717, 1.165) is 48.7 Å². The average Bonchev–Trinajstić information content (AvgIpc) is 3.52. The molecule has 0 amide bonds. The first-order valence-corrected chi connectivity index (χ1v) is 13.7. The molecule has 1 aromatic carbocycles. The number of aromatic nitrogens is 4. The summed E-state index contributed by atoms with van der Waals surface area (Å²) in [5, 5.41) is 18.8. The Morgan fingerprint density at radius 1 is 1.18 bits per heavy atom. The lowest BCUT2D eigenvalue weighted by Crippen LogP contribution is -2.28. The van der Waals surface area contributed by atoms with E-state index in [9.17, 15) is 17.9 Å². The van der Waals surface area contributed by atoms with Gasteiger partial charge >= 0.3 is 0 Å². The van der Waals surface area contributed by atoms with Crippen molar-refractivity contribution in [1.82, 2.24) is 19.7 Å². The van der Waals surface area contributed by atoms with Crippen LogP contribution >= 0.6 is 11.8 Å². The second-order valence-electron chi connectivity index (χ2n) is 9.16. The lowest BCUT2D eigenvalue weighted by molar-refractivity contribution is 0.254. The fourth-order valence-corrected chi connectivity index (χ4v) is 6.29. The molecule has 174 valence electrons. The highest BCUT2D eigenvalue weighted by atomic mass is 32.2. The Morgan fingerprint density at radius 3 is 2.55 bits per heavy atom. The Kier molecular flexibility index (Phi) is 5.37. The molecule has 0 spiro atoms. The lowest BCUT2D eigenvalue weighted by atomic mass is 9.98. The number of halogens is 1. The summed E-state index contributed by atoms with van der Waals surface area (Å²) in [5.74, 6) is 1.93. The number of thioether (sulfide) groups is 1. The summed E-state index contributed by atoms with van der Waals surface area (Å²) in [6.07, 6.45) is 5.21. The van der Waals surface area contributed by atoms with Gasteiger partial charge in [0.1, 0.15) is 22.4 Å². The zero-order valence-corrected chi connectivity index (χ0v) is 20.1. The summed E-state index contributed by atoms with van der Waals surface area (Å²) in [5.41, 5.74) is 1.90. The number of aliphatic hydroxyl groups is 1. The van der Waals surface area contributed by atoms with E-state index in [1.807, 2.05) is 12.1 Å². The molecule has 2 aliphatic rings. The maximum Gasteiger partial charge on any atom is 0.178 e. The fourth-order valence-electron chi connectivity index (χ4n) is 4.47. The van der Waals surface area contributed by atoms with Gasteiger partial charge in [-0.25, -0.2) is 12.8 Å². The van der Waals surface area contributed by atoms with Crippen molar-refractivity contribution in [1.29, 1.82) is 0 Å². The predicted octanol–water partition coefficient (Wildman–Crippen LogP) is 3.00. The monoisotopic (exact) mass is 488 g/mol. The summed E-state index contributed by atoms with van der Waals surface area (Å²) in [7, 11) is -3.62. The smallest absolute Gasteiger partial charge is 0.178 e. The van der Waals surface area contributed by atoms with Crippen molar-refractivity contribution in [3.63, 3.8) is 0 Å². The van der Waals surface area contributed by atoms with Crippen LogP contribution in [0.2, 0.25) is 0 Å². The molecule has 5 rings (SSSR count). The zero-order valence-electron chi connectivity index (χ0n) is 18.5. The number of benzene rings is 1. The molecule has 1 atom stereocenters. The Hall–Kier alpha value is -2.30. The van der Waals surface area contributed by atoms with Crippen molar-refractivity contribution in [2.24, 2.45) is 0 Å². The van der Waals surface area contributed by atoms with Crippen molar-refractivity contribution in [3.8, 4) is 11.1 Å².